The molecule has 212 valence electrons. The minimum Gasteiger partial charge on any atom is -0.497 e. The normalized spacial score (nSPS) is 17.2. The number of hydrogen-bond donors (Lipinski definition) is 1. The van der Waals surface area contributed by atoms with Gasteiger partial charge in [0.1, 0.15) is 5.75 Å². The quantitative estimate of drug-likeness (QED) is 0.356. The Morgan fingerprint density at radius 1 is 0.875 bits per heavy atom. The molecule has 2 heterocycles. The van der Waals surface area contributed by atoms with Crippen LogP contribution in [0.5, 0.6) is 5.75 Å². The zero-order valence-corrected chi connectivity index (χ0v) is 24.1. The maximum atomic E-state index is 13.5. The lowest BCUT2D eigenvalue weighted by molar-refractivity contribution is -0.138. The molecule has 1 atom stereocenters. The molecule has 3 aromatic carbocycles. The molecule has 1 unspecified atom stereocenters. The number of carbonyl (C=O) groups excluding carboxylic acids is 2. The van der Waals surface area contributed by atoms with Crippen molar-refractivity contribution >= 4 is 11.8 Å². The predicted octanol–water partition coefficient (Wildman–Crippen LogP) is 6.10. The molecular formula is C34H43N3O3. The lowest BCUT2D eigenvalue weighted by Crippen LogP contribution is -2.45. The van der Waals surface area contributed by atoms with E-state index in [0.29, 0.717) is 18.0 Å². The van der Waals surface area contributed by atoms with Crippen molar-refractivity contribution < 1.29 is 14.3 Å². The summed E-state index contributed by atoms with van der Waals surface area (Å²) in [7, 11) is 1.66. The number of ether oxygens (including phenoxy) is 1. The fraction of sp³-hybridized carbons (Fsp3) is 0.412. The van der Waals surface area contributed by atoms with E-state index in [1.165, 1.54) is 0 Å². The van der Waals surface area contributed by atoms with Crippen molar-refractivity contribution in [3.8, 4) is 5.75 Å². The van der Waals surface area contributed by atoms with Crippen LogP contribution in [0, 0.1) is 5.41 Å². The lowest BCUT2D eigenvalue weighted by atomic mass is 9.77. The van der Waals surface area contributed by atoms with Gasteiger partial charge in [0.05, 0.1) is 18.6 Å². The molecule has 2 amide bonds. The molecule has 2 aliphatic rings. The van der Waals surface area contributed by atoms with Crippen LogP contribution >= 0.6 is 0 Å². The van der Waals surface area contributed by atoms with E-state index in [-0.39, 0.29) is 17.4 Å². The van der Waals surface area contributed by atoms with Crippen molar-refractivity contribution in [1.82, 2.24) is 15.1 Å². The fourth-order valence-electron chi connectivity index (χ4n) is 5.81. The molecule has 0 aliphatic carbocycles. The second-order valence-electron chi connectivity index (χ2n) is 10.5. The first-order chi connectivity index (χ1) is 19.6. The van der Waals surface area contributed by atoms with Gasteiger partial charge in [-0.25, -0.2) is 0 Å². The molecule has 6 nitrogen and oxygen atoms in total. The number of nitrogens with zero attached hydrogens (tertiary/aromatic N) is 2. The molecule has 2 fully saturated rings. The summed E-state index contributed by atoms with van der Waals surface area (Å²) in [6.07, 6.45) is 3.57. The first-order valence-electron chi connectivity index (χ1n) is 14.6. The van der Waals surface area contributed by atoms with Crippen LogP contribution in [0.1, 0.15) is 67.1 Å². The number of piperidine rings is 1. The Kier molecular flexibility index (Phi) is 10.4. The lowest BCUT2D eigenvalue weighted by Gasteiger charge is -2.38. The number of rotatable bonds is 9. The summed E-state index contributed by atoms with van der Waals surface area (Å²) in [5.74, 6) is 1.09. The highest BCUT2D eigenvalue weighted by Crippen LogP contribution is 2.42. The maximum absolute atomic E-state index is 13.5. The average molecular weight is 542 g/mol. The molecule has 0 bridgehead atoms. The van der Waals surface area contributed by atoms with Gasteiger partial charge in [-0.3, -0.25) is 9.59 Å². The highest BCUT2D eigenvalue weighted by atomic mass is 16.5. The van der Waals surface area contributed by atoms with E-state index in [2.05, 4.69) is 22.3 Å². The Bertz CT molecular complexity index is 1210. The fourth-order valence-corrected chi connectivity index (χ4v) is 5.81. The van der Waals surface area contributed by atoms with Crippen molar-refractivity contribution in [3.05, 3.63) is 102 Å². The minimum absolute atomic E-state index is 0.0504. The third kappa shape index (κ3) is 7.11. The van der Waals surface area contributed by atoms with Crippen molar-refractivity contribution in [2.75, 3.05) is 33.3 Å². The summed E-state index contributed by atoms with van der Waals surface area (Å²) in [5.41, 5.74) is 2.71. The monoisotopic (exact) mass is 541 g/mol. The van der Waals surface area contributed by atoms with Crippen LogP contribution < -0.4 is 10.1 Å². The molecule has 1 N–H and O–H groups in total. The van der Waals surface area contributed by atoms with Crippen LogP contribution in [-0.4, -0.2) is 54.9 Å². The van der Waals surface area contributed by atoms with Crippen LogP contribution in [0.25, 0.3) is 0 Å². The molecular weight excluding hydrogens is 498 g/mol. The van der Waals surface area contributed by atoms with Crippen molar-refractivity contribution in [2.45, 2.75) is 52.1 Å². The molecule has 2 aliphatic heterocycles. The van der Waals surface area contributed by atoms with Gasteiger partial charge in [0, 0.05) is 25.2 Å². The van der Waals surface area contributed by atoms with Gasteiger partial charge in [-0.2, -0.15) is 0 Å². The summed E-state index contributed by atoms with van der Waals surface area (Å²) < 4.78 is 5.25. The maximum Gasteiger partial charge on any atom is 0.251 e. The van der Waals surface area contributed by atoms with E-state index in [9.17, 15) is 9.59 Å². The molecule has 0 radical (unpaired) electrons. The standard InChI is InChI=1S/C32H37N3O3.C2H6/c1-38-28-14-12-25(13-15-28)24-35-23-19-32(31(35)37)17-21-34(22-18-32)20-16-29(26-8-4-2-5-9-26)33-30(36)27-10-6-3-7-11-27;1-2/h2-15,29H,16-24H2,1H3,(H,33,36);1-2H3. The third-order valence-corrected chi connectivity index (χ3v) is 8.22. The molecule has 1 spiro atoms. The van der Waals surface area contributed by atoms with Crippen LogP contribution in [0.15, 0.2) is 84.9 Å². The van der Waals surface area contributed by atoms with Crippen LogP contribution in [0.4, 0.5) is 0 Å². The Balaban J connectivity index is 0.00000181. The first kappa shape index (κ1) is 29.3. The number of nitrogens with one attached hydrogen (secondary N) is 1. The largest absolute Gasteiger partial charge is 0.497 e. The molecule has 0 saturated carbocycles. The van der Waals surface area contributed by atoms with Gasteiger partial charge in [-0.15, -0.1) is 0 Å². The second kappa shape index (κ2) is 14.1. The second-order valence-corrected chi connectivity index (χ2v) is 10.5. The molecule has 0 aromatic heterocycles. The number of amides is 2. The zero-order chi connectivity index (χ0) is 28.4. The Morgan fingerprint density at radius 3 is 2.10 bits per heavy atom. The van der Waals surface area contributed by atoms with Crippen LogP contribution in [0.2, 0.25) is 0 Å². The summed E-state index contributed by atoms with van der Waals surface area (Å²) in [6.45, 7) is 8.20. The van der Waals surface area contributed by atoms with E-state index in [1.54, 1.807) is 7.11 Å². The molecule has 5 rings (SSSR count). The highest BCUT2D eigenvalue weighted by molar-refractivity contribution is 5.94. The Morgan fingerprint density at radius 2 is 1.48 bits per heavy atom. The third-order valence-electron chi connectivity index (χ3n) is 8.22. The van der Waals surface area contributed by atoms with Gasteiger partial charge < -0.3 is 19.9 Å². The van der Waals surface area contributed by atoms with E-state index >= 15 is 0 Å². The van der Waals surface area contributed by atoms with Gasteiger partial charge in [0.15, 0.2) is 0 Å². The summed E-state index contributed by atoms with van der Waals surface area (Å²) in [5, 5.41) is 3.25. The molecule has 6 heteroatoms. The summed E-state index contributed by atoms with van der Waals surface area (Å²) >= 11 is 0. The Hall–Kier alpha value is -3.64. The number of hydrogen-bond acceptors (Lipinski definition) is 4. The smallest absolute Gasteiger partial charge is 0.251 e. The van der Waals surface area contributed by atoms with Gasteiger partial charge in [-0.1, -0.05) is 74.5 Å². The first-order valence-corrected chi connectivity index (χ1v) is 14.6. The van der Waals surface area contributed by atoms with Crippen molar-refractivity contribution in [2.24, 2.45) is 5.41 Å². The Labute approximate surface area is 239 Å². The number of benzene rings is 3. The minimum atomic E-state index is -0.219. The number of likely N-dealkylation sites (tertiary alicyclic amines) is 2. The zero-order valence-electron chi connectivity index (χ0n) is 24.1. The average Bonchev–Trinajstić information content (AvgIpc) is 3.32. The van der Waals surface area contributed by atoms with Gasteiger partial charge in [0.25, 0.3) is 5.91 Å². The van der Waals surface area contributed by atoms with Gasteiger partial charge in [0.2, 0.25) is 5.91 Å². The van der Waals surface area contributed by atoms with E-state index in [4.69, 9.17) is 4.74 Å². The predicted molar refractivity (Wildman–Crippen MR) is 160 cm³/mol. The SMILES string of the molecule is CC.COc1ccc(CN2CCC3(CCN(CCC(NC(=O)c4ccccc4)c4ccccc4)CC3)C2=O)cc1. The summed E-state index contributed by atoms with van der Waals surface area (Å²) in [6, 6.07) is 27.5. The number of methoxy groups -OCH3 is 1. The molecule has 2 saturated heterocycles. The van der Waals surface area contributed by atoms with Crippen LogP contribution in [-0.2, 0) is 11.3 Å². The van der Waals surface area contributed by atoms with Gasteiger partial charge >= 0.3 is 0 Å². The topological polar surface area (TPSA) is 61.9 Å². The number of carbonyl (C=O) groups is 2. The molecule has 3 aromatic rings. The summed E-state index contributed by atoms with van der Waals surface area (Å²) in [4.78, 5) is 30.8. The van der Waals surface area contributed by atoms with Crippen molar-refractivity contribution in [1.29, 1.82) is 0 Å². The van der Waals surface area contributed by atoms with Gasteiger partial charge in [-0.05, 0) is 74.2 Å². The van der Waals surface area contributed by atoms with Crippen molar-refractivity contribution in [3.63, 3.8) is 0 Å². The van der Waals surface area contributed by atoms with E-state index in [0.717, 1.165) is 68.7 Å². The van der Waals surface area contributed by atoms with Crippen LogP contribution in [0.3, 0.4) is 0 Å². The highest BCUT2D eigenvalue weighted by Gasteiger charge is 2.47. The van der Waals surface area contributed by atoms with E-state index in [1.807, 2.05) is 91.5 Å². The molecule has 40 heavy (non-hydrogen) atoms. The van der Waals surface area contributed by atoms with E-state index < -0.39 is 0 Å².